The number of alkyl halides is 1. The van der Waals surface area contributed by atoms with E-state index in [4.69, 9.17) is 5.11 Å². The molecule has 0 radical (unpaired) electrons. The minimum Gasteiger partial charge on any atom is -0.478 e. The van der Waals surface area contributed by atoms with Crippen LogP contribution in [-0.4, -0.2) is 16.1 Å². The standard InChI is InChI=1S/C9H10BrNO2/c1-2-6-3-4-7(9(12)13)8(5-10)11-6/h3-4H,2,5H2,1H3,(H,12,13). The number of hydrogen-bond donors (Lipinski definition) is 1. The monoisotopic (exact) mass is 243 g/mol. The molecule has 0 amide bonds. The number of carboxylic acids is 1. The minimum absolute atomic E-state index is 0.272. The fraction of sp³-hybridized carbons (Fsp3) is 0.333. The summed E-state index contributed by atoms with van der Waals surface area (Å²) in [7, 11) is 0. The summed E-state index contributed by atoms with van der Waals surface area (Å²) in [6.45, 7) is 1.99. The zero-order chi connectivity index (χ0) is 9.84. The molecule has 0 fully saturated rings. The maximum Gasteiger partial charge on any atom is 0.337 e. The quantitative estimate of drug-likeness (QED) is 0.829. The fourth-order valence-electron chi connectivity index (χ4n) is 1.04. The van der Waals surface area contributed by atoms with Crippen molar-refractivity contribution >= 4 is 21.9 Å². The van der Waals surface area contributed by atoms with Gasteiger partial charge in [-0.15, -0.1) is 0 Å². The molecule has 1 heterocycles. The van der Waals surface area contributed by atoms with Crippen LogP contribution in [0.4, 0.5) is 0 Å². The molecule has 1 aromatic rings. The number of carboxylic acid groups (broad SMARTS) is 1. The summed E-state index contributed by atoms with van der Waals surface area (Å²) in [5.41, 5.74) is 1.78. The van der Waals surface area contributed by atoms with Gasteiger partial charge in [0.05, 0.1) is 11.3 Å². The van der Waals surface area contributed by atoms with Gasteiger partial charge in [-0.3, -0.25) is 4.98 Å². The smallest absolute Gasteiger partial charge is 0.337 e. The average Bonchev–Trinajstić information content (AvgIpc) is 2.16. The lowest BCUT2D eigenvalue weighted by Gasteiger charge is -2.03. The summed E-state index contributed by atoms with van der Waals surface area (Å²) in [5, 5.41) is 9.27. The van der Waals surface area contributed by atoms with Crippen molar-refractivity contribution < 1.29 is 9.90 Å². The second-order valence-corrected chi connectivity index (χ2v) is 3.15. The average molecular weight is 244 g/mol. The third-order valence-electron chi connectivity index (χ3n) is 1.75. The van der Waals surface area contributed by atoms with Crippen LogP contribution in [0.25, 0.3) is 0 Å². The number of aryl methyl sites for hydroxylation is 1. The summed E-state index contributed by atoms with van der Waals surface area (Å²) in [4.78, 5) is 14.9. The third-order valence-corrected chi connectivity index (χ3v) is 2.28. The maximum absolute atomic E-state index is 10.7. The Balaban J connectivity index is 3.15. The van der Waals surface area contributed by atoms with Gasteiger partial charge in [0.2, 0.25) is 0 Å². The van der Waals surface area contributed by atoms with Crippen LogP contribution in [0.2, 0.25) is 0 Å². The zero-order valence-corrected chi connectivity index (χ0v) is 8.84. The number of nitrogens with zero attached hydrogens (tertiary/aromatic N) is 1. The van der Waals surface area contributed by atoms with Gasteiger partial charge < -0.3 is 5.11 Å². The van der Waals surface area contributed by atoms with E-state index >= 15 is 0 Å². The largest absolute Gasteiger partial charge is 0.478 e. The number of rotatable bonds is 3. The molecule has 0 aliphatic heterocycles. The van der Waals surface area contributed by atoms with Gasteiger partial charge in [0.25, 0.3) is 0 Å². The highest BCUT2D eigenvalue weighted by atomic mass is 79.9. The topological polar surface area (TPSA) is 50.2 Å². The van der Waals surface area contributed by atoms with E-state index < -0.39 is 5.97 Å². The van der Waals surface area contributed by atoms with Crippen LogP contribution in [-0.2, 0) is 11.8 Å². The van der Waals surface area contributed by atoms with Crippen LogP contribution < -0.4 is 0 Å². The molecule has 3 nitrogen and oxygen atoms in total. The van der Waals surface area contributed by atoms with E-state index in [2.05, 4.69) is 20.9 Å². The van der Waals surface area contributed by atoms with Gasteiger partial charge in [0.1, 0.15) is 0 Å². The second kappa shape index (κ2) is 4.37. The van der Waals surface area contributed by atoms with Gasteiger partial charge in [-0.2, -0.15) is 0 Å². The zero-order valence-electron chi connectivity index (χ0n) is 7.25. The van der Waals surface area contributed by atoms with Crippen molar-refractivity contribution in [1.82, 2.24) is 4.98 Å². The Labute approximate surface area is 84.9 Å². The predicted octanol–water partition coefficient (Wildman–Crippen LogP) is 2.24. The van der Waals surface area contributed by atoms with Gasteiger partial charge in [-0.1, -0.05) is 22.9 Å². The van der Waals surface area contributed by atoms with Crippen molar-refractivity contribution in [3.05, 3.63) is 29.1 Å². The van der Waals surface area contributed by atoms with E-state index in [-0.39, 0.29) is 5.56 Å². The lowest BCUT2D eigenvalue weighted by Crippen LogP contribution is -2.04. The summed E-state index contributed by atoms with van der Waals surface area (Å²) < 4.78 is 0. The van der Waals surface area contributed by atoms with Crippen LogP contribution in [0, 0.1) is 0 Å². The molecule has 0 saturated heterocycles. The van der Waals surface area contributed by atoms with E-state index in [0.717, 1.165) is 12.1 Å². The molecular formula is C9H10BrNO2. The Morgan fingerprint density at radius 1 is 1.62 bits per heavy atom. The van der Waals surface area contributed by atoms with Crippen molar-refractivity contribution in [3.63, 3.8) is 0 Å². The molecule has 0 unspecified atom stereocenters. The molecule has 1 N–H and O–H groups in total. The van der Waals surface area contributed by atoms with Crippen LogP contribution >= 0.6 is 15.9 Å². The molecule has 0 aliphatic carbocycles. The molecule has 0 bridgehead atoms. The first-order chi connectivity index (χ1) is 6.19. The van der Waals surface area contributed by atoms with Gasteiger partial charge >= 0.3 is 5.97 Å². The Hall–Kier alpha value is -0.900. The van der Waals surface area contributed by atoms with E-state index in [1.165, 1.54) is 0 Å². The third kappa shape index (κ3) is 2.28. The highest BCUT2D eigenvalue weighted by molar-refractivity contribution is 9.08. The van der Waals surface area contributed by atoms with Crippen molar-refractivity contribution in [2.75, 3.05) is 0 Å². The Kier molecular flexibility index (Phi) is 3.42. The lowest BCUT2D eigenvalue weighted by molar-refractivity contribution is 0.0695. The summed E-state index contributed by atoms with van der Waals surface area (Å²) >= 11 is 3.21. The molecule has 13 heavy (non-hydrogen) atoms. The summed E-state index contributed by atoms with van der Waals surface area (Å²) in [6.07, 6.45) is 0.819. The number of aromatic carboxylic acids is 1. The highest BCUT2D eigenvalue weighted by Gasteiger charge is 2.10. The summed E-state index contributed by atoms with van der Waals surface area (Å²) in [6, 6.07) is 3.35. The van der Waals surface area contributed by atoms with Crippen molar-refractivity contribution in [2.24, 2.45) is 0 Å². The van der Waals surface area contributed by atoms with Crippen molar-refractivity contribution in [2.45, 2.75) is 18.7 Å². The second-order valence-electron chi connectivity index (χ2n) is 2.59. The van der Waals surface area contributed by atoms with Gasteiger partial charge in [-0.25, -0.2) is 4.79 Å². The molecule has 4 heteroatoms. The first-order valence-corrected chi connectivity index (χ1v) is 5.09. The number of hydrogen-bond acceptors (Lipinski definition) is 2. The summed E-state index contributed by atoms with van der Waals surface area (Å²) in [5.74, 6) is -0.926. The van der Waals surface area contributed by atoms with E-state index in [1.54, 1.807) is 12.1 Å². The van der Waals surface area contributed by atoms with Crippen LogP contribution in [0.3, 0.4) is 0 Å². The van der Waals surface area contributed by atoms with E-state index in [1.807, 2.05) is 6.92 Å². The van der Waals surface area contributed by atoms with Gasteiger partial charge in [0, 0.05) is 11.0 Å². The Bertz CT molecular complexity index is 325. The molecule has 0 spiro atoms. The molecular weight excluding hydrogens is 234 g/mol. The van der Waals surface area contributed by atoms with E-state index in [9.17, 15) is 4.79 Å². The number of pyridine rings is 1. The predicted molar refractivity (Wildman–Crippen MR) is 53.2 cm³/mol. The molecule has 0 saturated carbocycles. The SMILES string of the molecule is CCc1ccc(C(=O)O)c(CBr)n1. The number of halogens is 1. The normalized spacial score (nSPS) is 10.0. The number of carbonyl (C=O) groups is 1. The van der Waals surface area contributed by atoms with Crippen LogP contribution in [0.15, 0.2) is 12.1 Å². The van der Waals surface area contributed by atoms with Crippen LogP contribution in [0.1, 0.15) is 28.7 Å². The van der Waals surface area contributed by atoms with Gasteiger partial charge in [0.15, 0.2) is 0 Å². The molecule has 0 aliphatic rings. The molecule has 70 valence electrons. The van der Waals surface area contributed by atoms with Crippen LogP contribution in [0.5, 0.6) is 0 Å². The van der Waals surface area contributed by atoms with E-state index in [0.29, 0.717) is 11.0 Å². The maximum atomic E-state index is 10.7. The molecule has 1 aromatic heterocycles. The van der Waals surface area contributed by atoms with Crippen molar-refractivity contribution in [1.29, 1.82) is 0 Å². The first-order valence-electron chi connectivity index (χ1n) is 3.97. The molecule has 0 aromatic carbocycles. The minimum atomic E-state index is -0.926. The fourth-order valence-corrected chi connectivity index (χ4v) is 1.47. The molecule has 0 atom stereocenters. The van der Waals surface area contributed by atoms with Crippen molar-refractivity contribution in [3.8, 4) is 0 Å². The Morgan fingerprint density at radius 3 is 2.77 bits per heavy atom. The van der Waals surface area contributed by atoms with Gasteiger partial charge in [-0.05, 0) is 18.6 Å². The highest BCUT2D eigenvalue weighted by Crippen LogP contribution is 2.11. The molecule has 1 rings (SSSR count). The number of aromatic nitrogens is 1. The lowest BCUT2D eigenvalue weighted by atomic mass is 10.1. The first kappa shape index (κ1) is 10.2. The Morgan fingerprint density at radius 2 is 2.31 bits per heavy atom.